The van der Waals surface area contributed by atoms with E-state index < -0.39 is 48.3 Å². The number of anilines is 1. The number of hydrogen-bond acceptors (Lipinski definition) is 7. The summed E-state index contributed by atoms with van der Waals surface area (Å²) in [6.45, 7) is 2.91. The van der Waals surface area contributed by atoms with Crippen molar-refractivity contribution in [2.24, 2.45) is 0 Å². The number of benzene rings is 1. The molecule has 0 bridgehead atoms. The molecule has 1 amide bonds. The number of pyridine rings is 1. The van der Waals surface area contributed by atoms with Gasteiger partial charge in [0, 0.05) is 68.9 Å². The van der Waals surface area contributed by atoms with Gasteiger partial charge in [-0.3, -0.25) is 9.69 Å². The molecule has 1 unspecified atom stereocenters. The van der Waals surface area contributed by atoms with Crippen molar-refractivity contribution in [3.05, 3.63) is 58.6 Å². The van der Waals surface area contributed by atoms with Crippen molar-refractivity contribution in [2.45, 2.75) is 56.3 Å². The maximum Gasteiger partial charge on any atom is 0.451 e. The summed E-state index contributed by atoms with van der Waals surface area (Å²) >= 11 is 6.44. The van der Waals surface area contributed by atoms with Crippen molar-refractivity contribution < 1.29 is 31.9 Å². The van der Waals surface area contributed by atoms with Crippen LogP contribution in [0.5, 0.6) is 0 Å². The van der Waals surface area contributed by atoms with Gasteiger partial charge in [-0.15, -0.1) is 0 Å². The number of rotatable bonds is 6. The lowest BCUT2D eigenvalue weighted by atomic mass is 9.94. The first-order chi connectivity index (χ1) is 19.7. The number of nitrogens with one attached hydrogen (secondary N) is 1. The lowest BCUT2D eigenvalue weighted by Crippen LogP contribution is -2.45. The Bertz CT molecular complexity index is 1430. The van der Waals surface area contributed by atoms with E-state index in [1.54, 1.807) is 36.1 Å². The van der Waals surface area contributed by atoms with Crippen LogP contribution in [0.25, 0.3) is 10.9 Å². The maximum absolute atomic E-state index is 13.9. The Morgan fingerprint density at radius 2 is 1.69 bits per heavy atom. The zero-order valence-electron chi connectivity index (χ0n) is 22.8. The van der Waals surface area contributed by atoms with Crippen LogP contribution in [-0.2, 0) is 6.18 Å². The van der Waals surface area contributed by atoms with Crippen LogP contribution in [0.15, 0.2) is 36.7 Å². The van der Waals surface area contributed by atoms with Gasteiger partial charge in [-0.05, 0) is 44.0 Å². The smallest absolute Gasteiger partial charge is 0.390 e. The first kappa shape index (κ1) is 30.3. The SMILES string of the molecule is CC1(O)CCN(c2ccc3c(C(=O)NCC(c4cnc(C(F)(F)F)nc4)N4CCC(F)(F)CC4)c(Cl)ccc3n2)CC1. The number of aromatic nitrogens is 3. The molecule has 0 radical (unpaired) electrons. The van der Waals surface area contributed by atoms with Crippen molar-refractivity contribution in [1.82, 2.24) is 25.2 Å². The monoisotopic (exact) mass is 612 g/mol. The topological polar surface area (TPSA) is 94.5 Å². The molecule has 2 aliphatic heterocycles. The number of carbonyl (C=O) groups is 1. The molecule has 2 fully saturated rings. The second-order valence-corrected chi connectivity index (χ2v) is 11.5. The van der Waals surface area contributed by atoms with E-state index in [1.165, 1.54) is 0 Å². The lowest BCUT2D eigenvalue weighted by Gasteiger charge is -2.37. The fourth-order valence-electron chi connectivity index (χ4n) is 5.35. The average molecular weight is 613 g/mol. The van der Waals surface area contributed by atoms with E-state index >= 15 is 0 Å². The summed E-state index contributed by atoms with van der Waals surface area (Å²) in [5, 5.41) is 13.7. The molecule has 5 rings (SSSR count). The van der Waals surface area contributed by atoms with E-state index in [1.807, 2.05) is 0 Å². The van der Waals surface area contributed by atoms with Crippen LogP contribution in [0.3, 0.4) is 0 Å². The molecular weight excluding hydrogens is 583 g/mol. The molecule has 2 aromatic heterocycles. The zero-order chi connectivity index (χ0) is 30.3. The van der Waals surface area contributed by atoms with Gasteiger partial charge in [0.05, 0.1) is 27.7 Å². The van der Waals surface area contributed by atoms with Gasteiger partial charge in [0.15, 0.2) is 0 Å². The normalized spacial score (nSPS) is 20.0. The van der Waals surface area contributed by atoms with Gasteiger partial charge >= 0.3 is 6.18 Å². The van der Waals surface area contributed by atoms with Crippen molar-refractivity contribution in [1.29, 1.82) is 0 Å². The molecule has 42 heavy (non-hydrogen) atoms. The zero-order valence-corrected chi connectivity index (χ0v) is 23.5. The van der Waals surface area contributed by atoms with E-state index in [0.29, 0.717) is 42.7 Å². The van der Waals surface area contributed by atoms with Crippen LogP contribution in [-0.4, -0.2) is 75.1 Å². The molecule has 1 aromatic carbocycles. The van der Waals surface area contributed by atoms with Crippen molar-refractivity contribution in [3.8, 4) is 0 Å². The molecule has 226 valence electrons. The number of nitrogens with zero attached hydrogens (tertiary/aromatic N) is 5. The van der Waals surface area contributed by atoms with Gasteiger partial charge in [-0.25, -0.2) is 23.7 Å². The second kappa shape index (κ2) is 11.5. The average Bonchev–Trinajstić information content (AvgIpc) is 2.93. The van der Waals surface area contributed by atoms with E-state index in [2.05, 4.69) is 20.2 Å². The molecule has 8 nitrogen and oxygen atoms in total. The van der Waals surface area contributed by atoms with Crippen LogP contribution in [0, 0.1) is 0 Å². The van der Waals surface area contributed by atoms with E-state index in [9.17, 15) is 31.9 Å². The molecule has 3 aromatic rings. The van der Waals surface area contributed by atoms with Gasteiger partial charge in [0.25, 0.3) is 11.8 Å². The minimum absolute atomic E-state index is 0.0256. The van der Waals surface area contributed by atoms with Crippen molar-refractivity contribution in [2.75, 3.05) is 37.6 Å². The predicted octanol–water partition coefficient (Wildman–Crippen LogP) is 5.25. The van der Waals surface area contributed by atoms with E-state index in [4.69, 9.17) is 16.6 Å². The fourth-order valence-corrected chi connectivity index (χ4v) is 5.60. The summed E-state index contributed by atoms with van der Waals surface area (Å²) in [6.07, 6.45) is -2.36. The third-order valence-corrected chi connectivity index (χ3v) is 8.25. The number of alkyl halides is 5. The first-order valence-electron chi connectivity index (χ1n) is 13.6. The van der Waals surface area contributed by atoms with Crippen molar-refractivity contribution in [3.63, 3.8) is 0 Å². The third-order valence-electron chi connectivity index (χ3n) is 7.93. The first-order valence-corrected chi connectivity index (χ1v) is 14.0. The van der Waals surface area contributed by atoms with Crippen molar-refractivity contribution >= 4 is 34.2 Å². The standard InChI is InChI=1S/C28H30ClF5N6O2/c1-26(42)6-10-40(11-7-26)22-5-2-18-20(38-22)4-3-19(29)23(18)24(41)35-16-21(39-12-8-27(30,31)9-13-39)17-14-36-25(37-15-17)28(32,33)34/h2-5,14-15,21,42H,6-13,16H2,1H3,(H,35,41). The molecule has 14 heteroatoms. The Labute approximate surface area is 243 Å². The number of carbonyl (C=O) groups excluding carboxylic acids is 1. The number of halogens is 6. The van der Waals surface area contributed by atoms with E-state index in [0.717, 1.165) is 12.4 Å². The highest BCUT2D eigenvalue weighted by atomic mass is 35.5. The number of amides is 1. The summed E-state index contributed by atoms with van der Waals surface area (Å²) in [5.74, 6) is -4.00. The number of aliphatic hydroxyl groups is 1. The third kappa shape index (κ3) is 6.73. The number of likely N-dealkylation sites (tertiary alicyclic amines) is 1. The largest absolute Gasteiger partial charge is 0.451 e. The van der Waals surface area contributed by atoms with Crippen LogP contribution in [0.1, 0.15) is 60.4 Å². The summed E-state index contributed by atoms with van der Waals surface area (Å²) in [7, 11) is 0. The van der Waals surface area contributed by atoms with Crippen LogP contribution >= 0.6 is 11.6 Å². The van der Waals surface area contributed by atoms with Gasteiger partial charge < -0.3 is 15.3 Å². The summed E-state index contributed by atoms with van der Waals surface area (Å²) < 4.78 is 66.8. The lowest BCUT2D eigenvalue weighted by molar-refractivity contribution is -0.145. The Balaban J connectivity index is 1.37. The minimum Gasteiger partial charge on any atom is -0.390 e. The van der Waals surface area contributed by atoms with Crippen LogP contribution < -0.4 is 10.2 Å². The molecule has 0 saturated carbocycles. The maximum atomic E-state index is 13.9. The molecule has 1 atom stereocenters. The van der Waals surface area contributed by atoms with Gasteiger partial charge in [-0.2, -0.15) is 13.2 Å². The van der Waals surface area contributed by atoms with Gasteiger partial charge in [0.2, 0.25) is 5.82 Å². The van der Waals surface area contributed by atoms with Gasteiger partial charge in [-0.1, -0.05) is 11.6 Å². The van der Waals surface area contributed by atoms with Crippen LogP contribution in [0.2, 0.25) is 5.02 Å². The Hall–Kier alpha value is -3.16. The molecular formula is C28H30ClF5N6O2. The highest BCUT2D eigenvalue weighted by Gasteiger charge is 2.38. The Morgan fingerprint density at radius 3 is 2.31 bits per heavy atom. The quantitative estimate of drug-likeness (QED) is 0.367. The summed E-state index contributed by atoms with van der Waals surface area (Å²) in [4.78, 5) is 28.7. The fraction of sp³-hybridized carbons (Fsp3) is 0.500. The molecule has 0 aliphatic carbocycles. The molecule has 2 aliphatic rings. The molecule has 2 N–H and O–H groups in total. The molecule has 4 heterocycles. The highest BCUT2D eigenvalue weighted by molar-refractivity contribution is 6.35. The molecule has 2 saturated heterocycles. The summed E-state index contributed by atoms with van der Waals surface area (Å²) in [6, 6.07) is 6.05. The Kier molecular flexibility index (Phi) is 8.29. The van der Waals surface area contributed by atoms with E-state index in [-0.39, 0.29) is 35.8 Å². The number of piperidine rings is 2. The Morgan fingerprint density at radius 1 is 1.05 bits per heavy atom. The van der Waals surface area contributed by atoms with Crippen LogP contribution in [0.4, 0.5) is 27.8 Å². The second-order valence-electron chi connectivity index (χ2n) is 11.1. The molecule has 0 spiro atoms. The minimum atomic E-state index is -4.73. The number of hydrogen-bond donors (Lipinski definition) is 2. The highest BCUT2D eigenvalue weighted by Crippen LogP contribution is 2.34. The number of fused-ring (bicyclic) bond motifs is 1. The summed E-state index contributed by atoms with van der Waals surface area (Å²) in [5.41, 5.74) is 0.239. The predicted molar refractivity (Wildman–Crippen MR) is 147 cm³/mol. The van der Waals surface area contributed by atoms with Gasteiger partial charge in [0.1, 0.15) is 5.82 Å².